The molecule has 0 radical (unpaired) electrons. The van der Waals surface area contributed by atoms with Crippen LogP contribution in [-0.2, 0) is 12.4 Å². The van der Waals surface area contributed by atoms with Crippen LogP contribution in [0, 0.1) is 0 Å². The quantitative estimate of drug-likeness (QED) is 0.392. The van der Waals surface area contributed by atoms with E-state index in [2.05, 4.69) is 4.98 Å². The summed E-state index contributed by atoms with van der Waals surface area (Å²) in [5.41, 5.74) is 3.64. The summed E-state index contributed by atoms with van der Waals surface area (Å²) in [4.78, 5) is 17.4. The monoisotopic (exact) mass is 479 g/mol. The number of hydrazine groups is 1. The zero-order chi connectivity index (χ0) is 23.8. The van der Waals surface area contributed by atoms with Crippen molar-refractivity contribution in [3.63, 3.8) is 0 Å². The lowest BCUT2D eigenvalue weighted by Crippen LogP contribution is -2.44. The number of carbonyl (C=O) groups excluding carboxylic acids is 1. The van der Waals surface area contributed by atoms with Crippen molar-refractivity contribution in [2.45, 2.75) is 18.8 Å². The van der Waals surface area contributed by atoms with Crippen molar-refractivity contribution >= 4 is 23.3 Å². The molecule has 172 valence electrons. The molecule has 1 aromatic heterocycles. The first kappa shape index (κ1) is 23.7. The fraction of sp³-hybridized carbons (Fsp3) is 0.263. The summed E-state index contributed by atoms with van der Waals surface area (Å²) in [6.45, 7) is -0.221. The third-order valence-electron chi connectivity index (χ3n) is 4.73. The van der Waals surface area contributed by atoms with Crippen LogP contribution in [0.15, 0.2) is 47.8 Å². The van der Waals surface area contributed by atoms with Gasteiger partial charge >= 0.3 is 12.4 Å². The number of hydrogen-bond donors (Lipinski definition) is 2. The summed E-state index contributed by atoms with van der Waals surface area (Å²) in [6.07, 6.45) is -9.38. The Balaban J connectivity index is 1.83. The zero-order valence-corrected chi connectivity index (χ0v) is 16.9. The minimum atomic E-state index is -4.74. The van der Waals surface area contributed by atoms with E-state index in [0.717, 1.165) is 35.3 Å². The van der Waals surface area contributed by atoms with E-state index in [-0.39, 0.29) is 42.3 Å². The van der Waals surface area contributed by atoms with Crippen molar-refractivity contribution in [3.8, 4) is 0 Å². The minimum Gasteiger partial charge on any atom is -0.399 e. The van der Waals surface area contributed by atoms with Crippen molar-refractivity contribution in [1.82, 2.24) is 9.88 Å². The second-order valence-electron chi connectivity index (χ2n) is 6.86. The van der Waals surface area contributed by atoms with Gasteiger partial charge in [-0.15, -0.1) is 0 Å². The highest BCUT2D eigenvalue weighted by molar-refractivity contribution is 6.34. The largest absolute Gasteiger partial charge is 0.433 e. The van der Waals surface area contributed by atoms with Crippen molar-refractivity contribution < 1.29 is 31.1 Å². The van der Waals surface area contributed by atoms with Gasteiger partial charge in [0.05, 0.1) is 28.4 Å². The van der Waals surface area contributed by atoms with Crippen LogP contribution in [0.25, 0.3) is 0 Å². The molecule has 0 saturated heterocycles. The van der Waals surface area contributed by atoms with Gasteiger partial charge in [-0.25, -0.2) is 10.8 Å². The Morgan fingerprint density at radius 1 is 1.06 bits per heavy atom. The van der Waals surface area contributed by atoms with Crippen LogP contribution in [0.2, 0.25) is 5.02 Å². The lowest BCUT2D eigenvalue weighted by molar-refractivity contribution is -0.141. The molecular formula is C19H16ClF6N5O. The maximum absolute atomic E-state index is 13.1. The van der Waals surface area contributed by atoms with Crippen molar-refractivity contribution in [1.29, 1.82) is 0 Å². The topological polar surface area (TPSA) is 88.5 Å². The van der Waals surface area contributed by atoms with Crippen LogP contribution in [0.3, 0.4) is 0 Å². The fourth-order valence-electron chi connectivity index (χ4n) is 3.17. The predicted octanol–water partition coefficient (Wildman–Crippen LogP) is 4.17. The number of halogens is 7. The standard InChI is InChI=1S/C19H16ClF6N5O/c20-16-10(3-1-4-11(16)18(21,22)23)17(32)30-8-7-13(12(27)9-30)31(28)15-6-2-5-14(29-15)19(24,25)26/h1-6H,7-9,27-28H2. The Morgan fingerprint density at radius 3 is 2.31 bits per heavy atom. The molecule has 0 aliphatic carbocycles. The molecule has 1 amide bonds. The molecule has 0 atom stereocenters. The summed E-state index contributed by atoms with van der Waals surface area (Å²) in [7, 11) is 0. The fourth-order valence-corrected chi connectivity index (χ4v) is 3.48. The molecule has 2 heterocycles. The molecule has 13 heteroatoms. The maximum atomic E-state index is 13.1. The Bertz CT molecular complexity index is 1070. The number of carbonyl (C=O) groups is 1. The smallest absolute Gasteiger partial charge is 0.399 e. The van der Waals surface area contributed by atoms with Crippen LogP contribution >= 0.6 is 11.6 Å². The second kappa shape index (κ2) is 8.51. The minimum absolute atomic E-state index is 0.00585. The van der Waals surface area contributed by atoms with Crippen LogP contribution in [0.4, 0.5) is 32.2 Å². The number of nitrogens with zero attached hydrogens (tertiary/aromatic N) is 3. The highest BCUT2D eigenvalue weighted by atomic mass is 35.5. The van der Waals surface area contributed by atoms with Gasteiger partial charge in [-0.2, -0.15) is 26.3 Å². The third kappa shape index (κ3) is 4.75. The number of alkyl halides is 6. The lowest BCUT2D eigenvalue weighted by atomic mass is 10.1. The first-order chi connectivity index (χ1) is 14.8. The van der Waals surface area contributed by atoms with E-state index in [9.17, 15) is 31.1 Å². The average molecular weight is 480 g/mol. The zero-order valence-electron chi connectivity index (χ0n) is 16.1. The first-order valence-electron chi connectivity index (χ1n) is 9.02. The molecule has 0 fully saturated rings. The van der Waals surface area contributed by atoms with Crippen LogP contribution in [0.1, 0.15) is 28.0 Å². The molecule has 4 N–H and O–H groups in total. The average Bonchev–Trinajstić information content (AvgIpc) is 2.71. The van der Waals surface area contributed by atoms with Gasteiger partial charge in [0, 0.05) is 18.7 Å². The summed E-state index contributed by atoms with van der Waals surface area (Å²) in [5.74, 6) is 4.93. The molecule has 6 nitrogen and oxygen atoms in total. The number of benzene rings is 1. The van der Waals surface area contributed by atoms with Crippen molar-refractivity contribution in [2.75, 3.05) is 18.1 Å². The molecule has 0 bridgehead atoms. The maximum Gasteiger partial charge on any atom is 0.433 e. The number of nitrogens with two attached hydrogens (primary N) is 2. The Kier molecular flexibility index (Phi) is 6.29. The number of amides is 1. The van der Waals surface area contributed by atoms with Gasteiger partial charge in [-0.1, -0.05) is 23.7 Å². The Labute approximate surface area is 183 Å². The number of anilines is 1. The van der Waals surface area contributed by atoms with Gasteiger partial charge in [0.15, 0.2) is 0 Å². The third-order valence-corrected chi connectivity index (χ3v) is 5.14. The van der Waals surface area contributed by atoms with Gasteiger partial charge < -0.3 is 10.6 Å². The van der Waals surface area contributed by atoms with Gasteiger partial charge in [-0.3, -0.25) is 9.80 Å². The van der Waals surface area contributed by atoms with Gasteiger partial charge in [0.25, 0.3) is 5.91 Å². The van der Waals surface area contributed by atoms with Crippen molar-refractivity contribution in [2.24, 2.45) is 11.6 Å². The van der Waals surface area contributed by atoms with E-state index < -0.39 is 34.5 Å². The van der Waals surface area contributed by atoms with Gasteiger partial charge in [-0.05, 0) is 24.3 Å². The van der Waals surface area contributed by atoms with E-state index in [4.69, 9.17) is 23.2 Å². The number of rotatable bonds is 3. The predicted molar refractivity (Wildman–Crippen MR) is 104 cm³/mol. The highest BCUT2D eigenvalue weighted by Crippen LogP contribution is 2.37. The Morgan fingerprint density at radius 2 is 1.72 bits per heavy atom. The molecule has 1 aliphatic heterocycles. The molecule has 1 aliphatic rings. The molecule has 1 aromatic carbocycles. The summed E-state index contributed by atoms with van der Waals surface area (Å²) >= 11 is 5.82. The number of hydrogen-bond acceptors (Lipinski definition) is 5. The lowest BCUT2D eigenvalue weighted by Gasteiger charge is -2.33. The Hall–Kier alpha value is -2.99. The van der Waals surface area contributed by atoms with E-state index in [0.29, 0.717) is 0 Å². The number of pyridine rings is 1. The molecule has 0 saturated carbocycles. The van der Waals surface area contributed by atoms with Crippen LogP contribution < -0.4 is 16.6 Å². The van der Waals surface area contributed by atoms with Gasteiger partial charge in [0.2, 0.25) is 0 Å². The summed E-state index contributed by atoms with van der Waals surface area (Å²) < 4.78 is 77.9. The van der Waals surface area contributed by atoms with E-state index in [1.807, 2.05) is 0 Å². The number of aromatic nitrogens is 1. The van der Waals surface area contributed by atoms with E-state index >= 15 is 0 Å². The normalized spacial score (nSPS) is 15.2. The van der Waals surface area contributed by atoms with E-state index in [1.54, 1.807) is 0 Å². The van der Waals surface area contributed by atoms with Crippen molar-refractivity contribution in [3.05, 3.63) is 69.6 Å². The van der Waals surface area contributed by atoms with Crippen LogP contribution in [-0.4, -0.2) is 28.9 Å². The molecule has 0 spiro atoms. The summed E-state index contributed by atoms with van der Waals surface area (Å²) in [5, 5.41) is 0.163. The molecule has 0 unspecified atom stereocenters. The first-order valence-corrected chi connectivity index (χ1v) is 9.40. The highest BCUT2D eigenvalue weighted by Gasteiger charge is 2.36. The van der Waals surface area contributed by atoms with Crippen LogP contribution in [0.5, 0.6) is 0 Å². The molecular weight excluding hydrogens is 464 g/mol. The van der Waals surface area contributed by atoms with E-state index in [1.165, 1.54) is 11.0 Å². The molecule has 3 rings (SSSR count). The second-order valence-corrected chi connectivity index (χ2v) is 7.24. The summed E-state index contributed by atoms with van der Waals surface area (Å²) in [6, 6.07) is 6.17. The molecule has 2 aromatic rings. The van der Waals surface area contributed by atoms with Gasteiger partial charge in [0.1, 0.15) is 11.5 Å². The molecule has 32 heavy (non-hydrogen) atoms. The SMILES string of the molecule is NC1=C(N(N)c2cccc(C(F)(F)F)n2)CCN(C(=O)c2cccc(C(F)(F)F)c2Cl)C1.